The van der Waals surface area contributed by atoms with Crippen molar-refractivity contribution in [2.45, 2.75) is 0 Å². The Balaban J connectivity index is 2.19. The van der Waals surface area contributed by atoms with Crippen LogP contribution in [0.1, 0.15) is 0 Å². The van der Waals surface area contributed by atoms with Crippen LogP contribution in [-0.2, 0) is 0 Å². The van der Waals surface area contributed by atoms with Crippen LogP contribution in [0.25, 0.3) is 16.9 Å². The Morgan fingerprint density at radius 2 is 2.06 bits per heavy atom. The Kier molecular flexibility index (Phi) is 1.93. The van der Waals surface area contributed by atoms with Gasteiger partial charge in [0, 0.05) is 30.4 Å². The zero-order valence-corrected chi connectivity index (χ0v) is 8.34. The number of hydrogen-bond donors (Lipinski definition) is 0. The second-order valence-electron chi connectivity index (χ2n) is 3.48. The van der Waals surface area contributed by atoms with Gasteiger partial charge in [-0.05, 0) is 24.3 Å². The van der Waals surface area contributed by atoms with E-state index >= 15 is 0 Å². The topological polar surface area (TPSA) is 30.2 Å². The molecule has 0 saturated heterocycles. The molecule has 3 rings (SSSR count). The van der Waals surface area contributed by atoms with Crippen molar-refractivity contribution in [3.63, 3.8) is 0 Å². The monoisotopic (exact) mass is 213 g/mol. The number of rotatable bonds is 1. The highest BCUT2D eigenvalue weighted by molar-refractivity contribution is 5.61. The van der Waals surface area contributed by atoms with Gasteiger partial charge in [-0.15, -0.1) is 0 Å². The highest BCUT2D eigenvalue weighted by Crippen LogP contribution is 2.17. The zero-order chi connectivity index (χ0) is 11.0. The predicted octanol–water partition coefficient (Wildman–Crippen LogP) is 2.54. The van der Waals surface area contributed by atoms with Crippen LogP contribution < -0.4 is 0 Å². The van der Waals surface area contributed by atoms with E-state index in [1.807, 2.05) is 12.1 Å². The summed E-state index contributed by atoms with van der Waals surface area (Å²) in [7, 11) is 0. The normalized spacial score (nSPS) is 10.8. The third kappa shape index (κ3) is 1.44. The van der Waals surface area contributed by atoms with Crippen molar-refractivity contribution in [3.8, 4) is 11.3 Å². The van der Waals surface area contributed by atoms with Crippen LogP contribution in [0.4, 0.5) is 4.39 Å². The van der Waals surface area contributed by atoms with Crippen LogP contribution in [-0.4, -0.2) is 14.4 Å². The molecule has 0 unspecified atom stereocenters. The molecular weight excluding hydrogens is 205 g/mol. The molecule has 0 saturated carbocycles. The number of imidazole rings is 1. The van der Waals surface area contributed by atoms with E-state index < -0.39 is 0 Å². The fourth-order valence-corrected chi connectivity index (χ4v) is 1.62. The van der Waals surface area contributed by atoms with Crippen molar-refractivity contribution >= 4 is 5.65 Å². The maximum Gasteiger partial charge on any atom is 0.139 e. The Labute approximate surface area is 91.2 Å². The van der Waals surface area contributed by atoms with E-state index in [0.29, 0.717) is 0 Å². The molecule has 16 heavy (non-hydrogen) atoms. The quantitative estimate of drug-likeness (QED) is 0.621. The molecule has 3 nitrogen and oxygen atoms in total. The summed E-state index contributed by atoms with van der Waals surface area (Å²) in [6.07, 6.45) is 6.63. The maximum absolute atomic E-state index is 13.0. The van der Waals surface area contributed by atoms with Crippen molar-refractivity contribution in [2.75, 3.05) is 0 Å². The van der Waals surface area contributed by atoms with E-state index in [1.165, 1.54) is 12.3 Å². The standard InChI is InChI=1S/C12H8FN3/c13-10-3-4-12-15-11(8-16(12)7-10)9-2-1-5-14-6-9/h1-8H. The van der Waals surface area contributed by atoms with Gasteiger partial charge in [0.15, 0.2) is 0 Å². The molecule has 0 radical (unpaired) electrons. The predicted molar refractivity (Wildman–Crippen MR) is 58.4 cm³/mol. The molecule has 3 aromatic heterocycles. The smallest absolute Gasteiger partial charge is 0.139 e. The van der Waals surface area contributed by atoms with Gasteiger partial charge in [-0.25, -0.2) is 9.37 Å². The van der Waals surface area contributed by atoms with Crippen LogP contribution in [0.2, 0.25) is 0 Å². The van der Waals surface area contributed by atoms with E-state index in [-0.39, 0.29) is 5.82 Å². The summed E-state index contributed by atoms with van der Waals surface area (Å²) >= 11 is 0. The third-order valence-electron chi connectivity index (χ3n) is 2.37. The molecule has 0 bridgehead atoms. The molecule has 0 aromatic carbocycles. The first-order chi connectivity index (χ1) is 7.83. The number of halogens is 1. The van der Waals surface area contributed by atoms with Gasteiger partial charge in [0.25, 0.3) is 0 Å². The Bertz CT molecular complexity index is 631. The number of hydrogen-bond acceptors (Lipinski definition) is 2. The molecule has 0 aliphatic heterocycles. The van der Waals surface area contributed by atoms with Gasteiger partial charge in [0.2, 0.25) is 0 Å². The van der Waals surface area contributed by atoms with Gasteiger partial charge in [0.1, 0.15) is 11.5 Å². The summed E-state index contributed by atoms with van der Waals surface area (Å²) < 4.78 is 14.7. The fourth-order valence-electron chi connectivity index (χ4n) is 1.62. The molecule has 0 N–H and O–H groups in total. The summed E-state index contributed by atoms with van der Waals surface area (Å²) in [5, 5.41) is 0. The molecule has 0 aliphatic carbocycles. The van der Waals surface area contributed by atoms with E-state index in [9.17, 15) is 4.39 Å². The Morgan fingerprint density at radius 3 is 2.88 bits per heavy atom. The molecule has 3 heterocycles. The lowest BCUT2D eigenvalue weighted by Crippen LogP contribution is -1.83. The number of aromatic nitrogens is 3. The molecule has 0 fully saturated rings. The number of nitrogens with zero attached hydrogens (tertiary/aromatic N) is 3. The van der Waals surface area contributed by atoms with Crippen LogP contribution >= 0.6 is 0 Å². The molecule has 3 aromatic rings. The fraction of sp³-hybridized carbons (Fsp3) is 0. The molecule has 0 amide bonds. The summed E-state index contributed by atoms with van der Waals surface area (Å²) in [6, 6.07) is 6.82. The maximum atomic E-state index is 13.0. The summed E-state index contributed by atoms with van der Waals surface area (Å²) in [5.74, 6) is -0.275. The van der Waals surface area contributed by atoms with Gasteiger partial charge in [-0.2, -0.15) is 0 Å². The third-order valence-corrected chi connectivity index (χ3v) is 2.37. The van der Waals surface area contributed by atoms with Crippen molar-refractivity contribution in [1.29, 1.82) is 0 Å². The second-order valence-corrected chi connectivity index (χ2v) is 3.48. The number of pyridine rings is 2. The van der Waals surface area contributed by atoms with Crippen molar-refractivity contribution in [3.05, 3.63) is 54.9 Å². The van der Waals surface area contributed by atoms with Crippen LogP contribution in [0.15, 0.2) is 49.1 Å². The molecule has 78 valence electrons. The molecule has 0 spiro atoms. The lowest BCUT2D eigenvalue weighted by molar-refractivity contribution is 0.619. The molecule has 4 heteroatoms. The minimum Gasteiger partial charge on any atom is -0.304 e. The lowest BCUT2D eigenvalue weighted by atomic mass is 10.2. The summed E-state index contributed by atoms with van der Waals surface area (Å²) in [6.45, 7) is 0. The van der Waals surface area contributed by atoms with Gasteiger partial charge in [-0.1, -0.05) is 0 Å². The van der Waals surface area contributed by atoms with E-state index in [0.717, 1.165) is 16.9 Å². The average Bonchev–Trinajstić information content (AvgIpc) is 2.73. The zero-order valence-electron chi connectivity index (χ0n) is 8.34. The highest BCUT2D eigenvalue weighted by Gasteiger charge is 2.04. The lowest BCUT2D eigenvalue weighted by Gasteiger charge is -1.91. The first-order valence-corrected chi connectivity index (χ1v) is 4.87. The van der Waals surface area contributed by atoms with E-state index in [1.54, 1.807) is 29.1 Å². The minimum absolute atomic E-state index is 0.275. The minimum atomic E-state index is -0.275. The highest BCUT2D eigenvalue weighted by atomic mass is 19.1. The Morgan fingerprint density at radius 1 is 1.12 bits per heavy atom. The van der Waals surface area contributed by atoms with Crippen molar-refractivity contribution in [1.82, 2.24) is 14.4 Å². The first-order valence-electron chi connectivity index (χ1n) is 4.87. The van der Waals surface area contributed by atoms with E-state index in [4.69, 9.17) is 0 Å². The van der Waals surface area contributed by atoms with Crippen LogP contribution in [0.3, 0.4) is 0 Å². The SMILES string of the molecule is Fc1ccc2nc(-c3cccnc3)cn2c1. The first kappa shape index (κ1) is 9.03. The summed E-state index contributed by atoms with van der Waals surface area (Å²) in [4.78, 5) is 8.41. The van der Waals surface area contributed by atoms with Gasteiger partial charge >= 0.3 is 0 Å². The molecule has 0 atom stereocenters. The van der Waals surface area contributed by atoms with Gasteiger partial charge < -0.3 is 4.40 Å². The Hall–Kier alpha value is -2.23. The average molecular weight is 213 g/mol. The van der Waals surface area contributed by atoms with Gasteiger partial charge in [0.05, 0.1) is 5.69 Å². The number of fused-ring (bicyclic) bond motifs is 1. The largest absolute Gasteiger partial charge is 0.304 e. The van der Waals surface area contributed by atoms with Crippen molar-refractivity contribution < 1.29 is 4.39 Å². The second kappa shape index (κ2) is 3.41. The van der Waals surface area contributed by atoms with Crippen LogP contribution in [0.5, 0.6) is 0 Å². The summed E-state index contributed by atoms with van der Waals surface area (Å²) in [5.41, 5.74) is 2.44. The van der Waals surface area contributed by atoms with Crippen molar-refractivity contribution in [2.24, 2.45) is 0 Å². The van der Waals surface area contributed by atoms with Crippen LogP contribution in [0, 0.1) is 5.82 Å². The molecular formula is C12H8FN3. The molecule has 0 aliphatic rings. The van der Waals surface area contributed by atoms with E-state index in [2.05, 4.69) is 9.97 Å². The van der Waals surface area contributed by atoms with Gasteiger partial charge in [-0.3, -0.25) is 4.98 Å².